The topological polar surface area (TPSA) is 41.1 Å². The molecule has 0 aromatic heterocycles. The van der Waals surface area contributed by atoms with Crippen LogP contribution in [0.15, 0.2) is 54.6 Å². The van der Waals surface area contributed by atoms with Gasteiger partial charge in [0.1, 0.15) is 0 Å². The van der Waals surface area contributed by atoms with E-state index in [0.717, 1.165) is 41.7 Å². The molecule has 0 spiro atoms. The van der Waals surface area contributed by atoms with Crippen molar-refractivity contribution in [3.63, 3.8) is 0 Å². The molecule has 10 heteroatoms. The van der Waals surface area contributed by atoms with Crippen LogP contribution in [0.1, 0.15) is 10.4 Å². The number of benzene rings is 2. The van der Waals surface area contributed by atoms with Gasteiger partial charge in [-0.2, -0.15) is 26.3 Å². The van der Waals surface area contributed by atoms with Crippen LogP contribution in [0.5, 0.6) is 0 Å². The first-order chi connectivity index (χ1) is 12.0. The number of rotatable bonds is 4. The van der Waals surface area contributed by atoms with Gasteiger partial charge in [0.15, 0.2) is 0 Å². The summed E-state index contributed by atoms with van der Waals surface area (Å²) in [6.45, 7) is 0. The van der Waals surface area contributed by atoms with Gasteiger partial charge >= 0.3 is 18.0 Å². The summed E-state index contributed by atoms with van der Waals surface area (Å²) in [5, 5.41) is 2.54. The number of amides is 1. The van der Waals surface area contributed by atoms with E-state index in [-0.39, 0.29) is 10.6 Å². The second-order valence-corrected chi connectivity index (χ2v) is 5.63. The maximum atomic E-state index is 13.5. The Balaban J connectivity index is 2.49. The third-order valence-electron chi connectivity index (χ3n) is 3.36. The molecular weight excluding hydrogens is 386 g/mol. The van der Waals surface area contributed by atoms with E-state index in [4.69, 9.17) is 11.6 Å². The number of hydrogen-bond acceptors (Lipinski definition) is 2. The lowest BCUT2D eigenvalue weighted by Crippen LogP contribution is -2.72. The Bertz CT molecular complexity index is 745. The molecule has 0 heterocycles. The smallest absolute Gasteiger partial charge is 0.348 e. The molecular formula is C16H11ClF6N2O. The van der Waals surface area contributed by atoms with Crippen molar-refractivity contribution >= 4 is 23.2 Å². The molecule has 0 aliphatic carbocycles. The van der Waals surface area contributed by atoms with Crippen LogP contribution >= 0.6 is 11.6 Å². The average molecular weight is 397 g/mol. The zero-order chi connectivity index (χ0) is 19.6. The monoisotopic (exact) mass is 396 g/mol. The van der Waals surface area contributed by atoms with E-state index in [1.165, 1.54) is 23.5 Å². The molecule has 2 N–H and O–H groups in total. The van der Waals surface area contributed by atoms with E-state index in [1.54, 1.807) is 0 Å². The number of carbonyl (C=O) groups excluding carboxylic acids is 1. The number of anilines is 1. The molecule has 0 bridgehead atoms. The van der Waals surface area contributed by atoms with Gasteiger partial charge in [-0.1, -0.05) is 29.8 Å². The predicted octanol–water partition coefficient (Wildman–Crippen LogP) is 5.00. The lowest BCUT2D eigenvalue weighted by atomic mass is 10.1. The first kappa shape index (κ1) is 19.9. The van der Waals surface area contributed by atoms with Crippen LogP contribution in [0.3, 0.4) is 0 Å². The Morgan fingerprint density at radius 2 is 1.31 bits per heavy atom. The van der Waals surface area contributed by atoms with Crippen molar-refractivity contribution in [1.29, 1.82) is 0 Å². The highest BCUT2D eigenvalue weighted by molar-refractivity contribution is 6.30. The van der Waals surface area contributed by atoms with Gasteiger partial charge in [-0.3, -0.25) is 4.79 Å². The summed E-state index contributed by atoms with van der Waals surface area (Å²) in [4.78, 5) is 12.0. The molecule has 0 radical (unpaired) electrons. The molecule has 2 aromatic rings. The maximum Gasteiger partial charge on any atom is 0.439 e. The van der Waals surface area contributed by atoms with Crippen LogP contribution < -0.4 is 10.6 Å². The average Bonchev–Trinajstić information content (AvgIpc) is 2.54. The molecule has 3 nitrogen and oxygen atoms in total. The Morgan fingerprint density at radius 3 is 1.77 bits per heavy atom. The van der Waals surface area contributed by atoms with Crippen LogP contribution in [0.4, 0.5) is 32.0 Å². The Hall–Kier alpha value is -2.42. The molecule has 2 rings (SSSR count). The number of halogens is 7. The summed E-state index contributed by atoms with van der Waals surface area (Å²) in [6.07, 6.45) is -11.8. The number of carbonyl (C=O) groups is 1. The fourth-order valence-corrected chi connectivity index (χ4v) is 2.18. The van der Waals surface area contributed by atoms with Crippen LogP contribution in [0.2, 0.25) is 5.02 Å². The second kappa shape index (κ2) is 7.06. The van der Waals surface area contributed by atoms with Crippen molar-refractivity contribution in [3.05, 3.63) is 65.2 Å². The SMILES string of the molecule is O=C(NC(Nc1ccc(Cl)cc1)(C(F)(F)F)C(F)(F)F)c1ccccc1. The number of alkyl halides is 6. The molecule has 0 saturated carbocycles. The molecule has 1 amide bonds. The van der Waals surface area contributed by atoms with Crippen molar-refractivity contribution in [1.82, 2.24) is 5.32 Å². The molecule has 26 heavy (non-hydrogen) atoms. The van der Waals surface area contributed by atoms with Crippen LogP contribution in [0, 0.1) is 0 Å². The summed E-state index contributed by atoms with van der Waals surface area (Å²) in [6, 6.07) is 10.4. The lowest BCUT2D eigenvalue weighted by Gasteiger charge is -2.39. The van der Waals surface area contributed by atoms with Gasteiger partial charge in [-0.15, -0.1) is 0 Å². The van der Waals surface area contributed by atoms with E-state index in [0.29, 0.717) is 0 Å². The summed E-state index contributed by atoms with van der Waals surface area (Å²) in [5.41, 5.74) is -5.58. The van der Waals surface area contributed by atoms with Gasteiger partial charge in [-0.05, 0) is 36.4 Å². The summed E-state index contributed by atoms with van der Waals surface area (Å²) in [5.74, 6) is -1.54. The Labute approximate surface area is 149 Å². The van der Waals surface area contributed by atoms with E-state index in [2.05, 4.69) is 0 Å². The first-order valence-electron chi connectivity index (χ1n) is 7.01. The van der Waals surface area contributed by atoms with Crippen molar-refractivity contribution in [2.24, 2.45) is 0 Å². The molecule has 0 aliphatic heterocycles. The van der Waals surface area contributed by atoms with Crippen molar-refractivity contribution in [2.75, 3.05) is 5.32 Å². The zero-order valence-electron chi connectivity index (χ0n) is 12.8. The standard InChI is InChI=1S/C16H11ClF6N2O/c17-11-6-8-12(9-7-11)24-14(15(18,19)20,16(21,22)23)25-13(26)10-4-2-1-3-5-10/h1-9,24H,(H,25,26). The maximum absolute atomic E-state index is 13.5. The fraction of sp³-hybridized carbons (Fsp3) is 0.188. The third-order valence-corrected chi connectivity index (χ3v) is 3.62. The predicted molar refractivity (Wildman–Crippen MR) is 83.8 cm³/mol. The van der Waals surface area contributed by atoms with E-state index < -0.39 is 29.6 Å². The Kier molecular flexibility index (Phi) is 5.41. The van der Waals surface area contributed by atoms with Crippen LogP contribution in [0.25, 0.3) is 0 Å². The first-order valence-corrected chi connectivity index (χ1v) is 7.39. The number of hydrogen-bond donors (Lipinski definition) is 2. The molecule has 0 unspecified atom stereocenters. The molecule has 2 aromatic carbocycles. The minimum Gasteiger partial charge on any atom is -0.348 e. The van der Waals surface area contributed by atoms with Crippen molar-refractivity contribution in [2.45, 2.75) is 18.0 Å². The van der Waals surface area contributed by atoms with Crippen LogP contribution in [-0.2, 0) is 0 Å². The zero-order valence-corrected chi connectivity index (χ0v) is 13.5. The normalized spacial score (nSPS) is 12.6. The summed E-state index contributed by atoms with van der Waals surface area (Å²) in [7, 11) is 0. The molecule has 0 fully saturated rings. The van der Waals surface area contributed by atoms with E-state index >= 15 is 0 Å². The quantitative estimate of drug-likeness (QED) is 0.564. The van der Waals surface area contributed by atoms with E-state index in [9.17, 15) is 31.1 Å². The number of nitrogens with one attached hydrogen (secondary N) is 2. The minimum absolute atomic E-state index is 0.119. The van der Waals surface area contributed by atoms with Gasteiger partial charge in [0.05, 0.1) is 0 Å². The largest absolute Gasteiger partial charge is 0.439 e. The fourth-order valence-electron chi connectivity index (χ4n) is 2.06. The third kappa shape index (κ3) is 4.04. The molecule has 0 saturated heterocycles. The lowest BCUT2D eigenvalue weighted by molar-refractivity contribution is -0.294. The van der Waals surface area contributed by atoms with Gasteiger partial charge in [-0.25, -0.2) is 0 Å². The highest BCUT2D eigenvalue weighted by Crippen LogP contribution is 2.43. The molecule has 140 valence electrons. The van der Waals surface area contributed by atoms with Gasteiger partial charge in [0.2, 0.25) is 0 Å². The minimum atomic E-state index is -5.89. The molecule has 0 aliphatic rings. The van der Waals surface area contributed by atoms with Crippen molar-refractivity contribution < 1.29 is 31.1 Å². The van der Waals surface area contributed by atoms with Crippen LogP contribution in [-0.4, -0.2) is 23.9 Å². The highest BCUT2D eigenvalue weighted by atomic mass is 35.5. The highest BCUT2D eigenvalue weighted by Gasteiger charge is 2.72. The summed E-state index contributed by atoms with van der Waals surface area (Å²) < 4.78 is 80.9. The second-order valence-electron chi connectivity index (χ2n) is 5.20. The summed E-state index contributed by atoms with van der Waals surface area (Å²) >= 11 is 5.59. The van der Waals surface area contributed by atoms with Gasteiger partial charge in [0.25, 0.3) is 5.91 Å². The van der Waals surface area contributed by atoms with Gasteiger partial charge in [0, 0.05) is 16.3 Å². The van der Waals surface area contributed by atoms with Crippen molar-refractivity contribution in [3.8, 4) is 0 Å². The van der Waals surface area contributed by atoms with Gasteiger partial charge < -0.3 is 10.6 Å². The molecule has 0 atom stereocenters. The van der Waals surface area contributed by atoms with E-state index in [1.807, 2.05) is 0 Å². The Morgan fingerprint density at radius 1 is 0.808 bits per heavy atom.